The molecule has 1 N–H and O–H groups in total. The van der Waals surface area contributed by atoms with E-state index in [9.17, 15) is 0 Å². The van der Waals surface area contributed by atoms with Crippen LogP contribution in [-0.4, -0.2) is 42.2 Å². The largest absolute Gasteiger partial charge is 0.376 e. The van der Waals surface area contributed by atoms with E-state index in [1.165, 1.54) is 0 Å². The van der Waals surface area contributed by atoms with Crippen molar-refractivity contribution >= 4 is 11.6 Å². The van der Waals surface area contributed by atoms with Crippen molar-refractivity contribution in [3.63, 3.8) is 0 Å². The van der Waals surface area contributed by atoms with E-state index in [0.717, 1.165) is 12.2 Å². The van der Waals surface area contributed by atoms with Crippen LogP contribution >= 0.6 is 11.6 Å². The van der Waals surface area contributed by atoms with Crippen molar-refractivity contribution in [2.45, 2.75) is 39.0 Å². The second-order valence-electron chi connectivity index (χ2n) is 4.94. The first kappa shape index (κ1) is 14.8. The average molecular weight is 288 g/mol. The number of ether oxygens (including phenoxy) is 2. The molecule has 0 aromatic carbocycles. The molecule has 2 heterocycles. The highest BCUT2D eigenvalue weighted by atomic mass is 35.5. The van der Waals surface area contributed by atoms with Crippen molar-refractivity contribution in [2.24, 2.45) is 0 Å². The molecule has 108 valence electrons. The lowest BCUT2D eigenvalue weighted by molar-refractivity contribution is -0.103. The molecule has 1 fully saturated rings. The molecule has 1 aromatic rings. The zero-order valence-corrected chi connectivity index (χ0v) is 12.5. The molecule has 0 bridgehead atoms. The summed E-state index contributed by atoms with van der Waals surface area (Å²) in [6.45, 7) is 8.96. The van der Waals surface area contributed by atoms with Gasteiger partial charge in [0.05, 0.1) is 42.8 Å². The molecule has 1 aliphatic heterocycles. The fraction of sp³-hybridized carbons (Fsp3) is 0.769. The van der Waals surface area contributed by atoms with Crippen molar-refractivity contribution in [1.29, 1.82) is 0 Å². The zero-order chi connectivity index (χ0) is 13.8. The summed E-state index contributed by atoms with van der Waals surface area (Å²) >= 11 is 6.32. The summed E-state index contributed by atoms with van der Waals surface area (Å²) in [6, 6.07) is 0.260. The van der Waals surface area contributed by atoms with E-state index in [2.05, 4.69) is 31.2 Å². The standard InChI is InChI=1S/C13H22ClN3O2/c1-4-15-12(11-8-18-5-6-19-11)13-10(14)7-16-17(13)9(2)3/h7,9,11-12,15H,4-6,8H2,1-3H3. The van der Waals surface area contributed by atoms with Crippen LogP contribution < -0.4 is 5.32 Å². The van der Waals surface area contributed by atoms with Crippen LogP contribution in [0.3, 0.4) is 0 Å². The zero-order valence-electron chi connectivity index (χ0n) is 11.7. The lowest BCUT2D eigenvalue weighted by atomic mass is 10.1. The van der Waals surface area contributed by atoms with Crippen molar-refractivity contribution in [3.05, 3.63) is 16.9 Å². The fourth-order valence-corrected chi connectivity index (χ4v) is 2.62. The lowest BCUT2D eigenvalue weighted by Crippen LogP contribution is -2.41. The Labute approximate surface area is 119 Å². The maximum absolute atomic E-state index is 6.32. The number of nitrogens with zero attached hydrogens (tertiary/aromatic N) is 2. The van der Waals surface area contributed by atoms with Gasteiger partial charge in [-0.1, -0.05) is 18.5 Å². The third-order valence-corrected chi connectivity index (χ3v) is 3.50. The molecular weight excluding hydrogens is 266 g/mol. The van der Waals surface area contributed by atoms with Gasteiger partial charge in [0.25, 0.3) is 0 Å². The number of hydrogen-bond acceptors (Lipinski definition) is 4. The van der Waals surface area contributed by atoms with E-state index in [4.69, 9.17) is 21.1 Å². The van der Waals surface area contributed by atoms with Gasteiger partial charge in [-0.05, 0) is 20.4 Å². The Balaban J connectivity index is 2.29. The fourth-order valence-electron chi connectivity index (χ4n) is 2.38. The van der Waals surface area contributed by atoms with Crippen LogP contribution in [0.1, 0.15) is 38.5 Å². The molecule has 19 heavy (non-hydrogen) atoms. The van der Waals surface area contributed by atoms with Gasteiger partial charge < -0.3 is 14.8 Å². The second kappa shape index (κ2) is 6.70. The normalized spacial score (nSPS) is 21.8. The molecular formula is C13H22ClN3O2. The predicted octanol–water partition coefficient (Wildman–Crippen LogP) is 2.18. The topological polar surface area (TPSA) is 48.3 Å². The predicted molar refractivity (Wildman–Crippen MR) is 74.6 cm³/mol. The maximum Gasteiger partial charge on any atom is 0.102 e. The first-order chi connectivity index (χ1) is 9.15. The number of aromatic nitrogens is 2. The minimum Gasteiger partial charge on any atom is -0.376 e. The van der Waals surface area contributed by atoms with E-state index < -0.39 is 0 Å². The molecule has 1 aromatic heterocycles. The Bertz CT molecular complexity index is 403. The SMILES string of the molecule is CCNC(c1c(Cl)cnn1C(C)C)C1COCCO1. The number of hydrogen-bond donors (Lipinski definition) is 1. The van der Waals surface area contributed by atoms with Gasteiger partial charge in [-0.25, -0.2) is 0 Å². The van der Waals surface area contributed by atoms with Gasteiger partial charge in [0.15, 0.2) is 0 Å². The monoisotopic (exact) mass is 287 g/mol. The molecule has 2 unspecified atom stereocenters. The maximum atomic E-state index is 6.32. The Morgan fingerprint density at radius 1 is 1.53 bits per heavy atom. The molecule has 0 amide bonds. The van der Waals surface area contributed by atoms with Crippen LogP contribution in [-0.2, 0) is 9.47 Å². The summed E-state index contributed by atoms with van der Waals surface area (Å²) in [7, 11) is 0. The molecule has 1 saturated heterocycles. The first-order valence-electron chi connectivity index (χ1n) is 6.80. The Morgan fingerprint density at radius 2 is 2.32 bits per heavy atom. The summed E-state index contributed by atoms with van der Waals surface area (Å²) in [4.78, 5) is 0. The van der Waals surface area contributed by atoms with E-state index in [-0.39, 0.29) is 18.2 Å². The van der Waals surface area contributed by atoms with Gasteiger partial charge >= 0.3 is 0 Å². The van der Waals surface area contributed by atoms with E-state index in [1.54, 1.807) is 6.20 Å². The average Bonchev–Trinajstić information content (AvgIpc) is 2.79. The molecule has 0 spiro atoms. The molecule has 0 saturated carbocycles. The minimum absolute atomic E-state index is 0.00250. The smallest absolute Gasteiger partial charge is 0.102 e. The second-order valence-corrected chi connectivity index (χ2v) is 5.34. The highest BCUT2D eigenvalue weighted by molar-refractivity contribution is 6.31. The summed E-state index contributed by atoms with van der Waals surface area (Å²) in [5.74, 6) is 0. The Morgan fingerprint density at radius 3 is 2.89 bits per heavy atom. The van der Waals surface area contributed by atoms with Crippen LogP contribution in [0.5, 0.6) is 0 Å². The van der Waals surface area contributed by atoms with E-state index >= 15 is 0 Å². The first-order valence-corrected chi connectivity index (χ1v) is 7.18. The number of likely N-dealkylation sites (N-methyl/N-ethyl adjacent to an activating group) is 1. The van der Waals surface area contributed by atoms with Crippen LogP contribution in [0.2, 0.25) is 5.02 Å². The van der Waals surface area contributed by atoms with Crippen molar-refractivity contribution in [1.82, 2.24) is 15.1 Å². The molecule has 6 heteroatoms. The molecule has 0 radical (unpaired) electrons. The summed E-state index contributed by atoms with van der Waals surface area (Å²) in [6.07, 6.45) is 1.67. The molecule has 2 atom stereocenters. The molecule has 1 aliphatic rings. The number of nitrogens with one attached hydrogen (secondary N) is 1. The minimum atomic E-state index is -0.0274. The number of rotatable bonds is 5. The van der Waals surface area contributed by atoms with E-state index in [1.807, 2.05) is 4.68 Å². The molecule has 2 rings (SSSR count). The van der Waals surface area contributed by atoms with Gasteiger partial charge in [0.2, 0.25) is 0 Å². The quantitative estimate of drug-likeness (QED) is 0.902. The highest BCUT2D eigenvalue weighted by Gasteiger charge is 2.31. The van der Waals surface area contributed by atoms with E-state index in [0.29, 0.717) is 24.8 Å². The number of halogens is 1. The third kappa shape index (κ3) is 3.28. The van der Waals surface area contributed by atoms with Crippen LogP contribution in [0.25, 0.3) is 0 Å². The van der Waals surface area contributed by atoms with Crippen LogP contribution in [0.4, 0.5) is 0 Å². The Hall–Kier alpha value is -0.620. The lowest BCUT2D eigenvalue weighted by Gasteiger charge is -2.32. The van der Waals surface area contributed by atoms with Crippen LogP contribution in [0, 0.1) is 0 Å². The van der Waals surface area contributed by atoms with Crippen molar-refractivity contribution < 1.29 is 9.47 Å². The summed E-state index contributed by atoms with van der Waals surface area (Å²) in [5, 5.41) is 8.48. The van der Waals surface area contributed by atoms with Gasteiger partial charge in [0, 0.05) is 6.04 Å². The van der Waals surface area contributed by atoms with Gasteiger partial charge in [-0.15, -0.1) is 0 Å². The van der Waals surface area contributed by atoms with Crippen LogP contribution in [0.15, 0.2) is 6.20 Å². The highest BCUT2D eigenvalue weighted by Crippen LogP contribution is 2.29. The third-order valence-electron chi connectivity index (χ3n) is 3.21. The molecule has 5 nitrogen and oxygen atoms in total. The summed E-state index contributed by atoms with van der Waals surface area (Å²) in [5.41, 5.74) is 0.981. The van der Waals surface area contributed by atoms with Crippen molar-refractivity contribution in [2.75, 3.05) is 26.4 Å². The Kier molecular flexibility index (Phi) is 5.21. The van der Waals surface area contributed by atoms with Gasteiger partial charge in [-0.2, -0.15) is 5.10 Å². The molecule has 0 aliphatic carbocycles. The van der Waals surface area contributed by atoms with Gasteiger partial charge in [-0.3, -0.25) is 4.68 Å². The van der Waals surface area contributed by atoms with Crippen molar-refractivity contribution in [3.8, 4) is 0 Å². The van der Waals surface area contributed by atoms with Gasteiger partial charge in [0.1, 0.15) is 6.10 Å². The summed E-state index contributed by atoms with van der Waals surface area (Å²) < 4.78 is 13.3.